The van der Waals surface area contributed by atoms with E-state index >= 15 is 0 Å². The monoisotopic (exact) mass is 449 g/mol. The molecule has 2 aromatic heterocycles. The number of rotatable bonds is 5. The topological polar surface area (TPSA) is 63.2 Å². The van der Waals surface area contributed by atoms with Crippen molar-refractivity contribution in [3.63, 3.8) is 0 Å². The number of halogens is 3. The molecule has 4 atom stereocenters. The van der Waals surface area contributed by atoms with Gasteiger partial charge in [-0.15, -0.1) is 10.2 Å². The van der Waals surface area contributed by atoms with E-state index in [1.54, 1.807) is 6.07 Å². The van der Waals surface area contributed by atoms with Crippen LogP contribution in [0, 0.1) is 11.8 Å². The summed E-state index contributed by atoms with van der Waals surface area (Å²) in [5.74, 6) is 1.32. The standard InChI is InChI=1S/C23H28F3N5O/c24-23(25,26)22-19(5-3-8-27-22)20-6-7-21(30-29-20)28-17-10-15-12-31(13-16(15)11-17)14-18-4-1-2-9-32-18/h3,5-8,15-18H,1-2,4,9-14H2,(H,28,30)/t15-,16+,17?,18-/m0/s1/i14D2. The Hall–Kier alpha value is -2.26. The lowest BCUT2D eigenvalue weighted by Crippen LogP contribution is -2.35. The fraction of sp³-hybridized carbons (Fsp3) is 0.609. The Bertz CT molecular complexity index is 987. The van der Waals surface area contributed by atoms with Crippen molar-refractivity contribution in [1.82, 2.24) is 20.1 Å². The molecule has 0 aromatic carbocycles. The molecular formula is C23H28F3N5O. The van der Waals surface area contributed by atoms with Gasteiger partial charge in [-0.05, 0) is 68.2 Å². The Morgan fingerprint density at radius 2 is 1.94 bits per heavy atom. The molecule has 0 radical (unpaired) electrons. The van der Waals surface area contributed by atoms with Crippen LogP contribution in [-0.2, 0) is 10.9 Å². The Morgan fingerprint density at radius 1 is 1.12 bits per heavy atom. The SMILES string of the molecule is [2H]C([2H])([C@@H]1CCCCO1)N1C[C@H]2CC(Nc3ccc(-c4cccnc4C(F)(F)F)nn3)C[C@H]2C1. The van der Waals surface area contributed by atoms with Gasteiger partial charge in [0.1, 0.15) is 5.82 Å². The van der Waals surface area contributed by atoms with Crippen LogP contribution in [-0.4, -0.2) is 58.4 Å². The molecule has 9 heteroatoms. The highest BCUT2D eigenvalue weighted by Crippen LogP contribution is 2.39. The van der Waals surface area contributed by atoms with E-state index in [0.717, 1.165) is 38.3 Å². The fourth-order valence-electron chi connectivity index (χ4n) is 5.17. The predicted octanol–water partition coefficient (Wildman–Crippen LogP) is 4.25. The molecule has 2 saturated heterocycles. The van der Waals surface area contributed by atoms with Crippen molar-refractivity contribution in [2.75, 3.05) is 31.5 Å². The van der Waals surface area contributed by atoms with Crippen LogP contribution in [0.3, 0.4) is 0 Å². The van der Waals surface area contributed by atoms with Gasteiger partial charge in [-0.3, -0.25) is 4.98 Å². The fourth-order valence-corrected chi connectivity index (χ4v) is 5.17. The summed E-state index contributed by atoms with van der Waals surface area (Å²) in [6.45, 7) is 0.606. The molecule has 1 N–H and O–H groups in total. The molecule has 6 nitrogen and oxygen atoms in total. The Kier molecular flexibility index (Phi) is 5.37. The van der Waals surface area contributed by atoms with Crippen molar-refractivity contribution in [2.45, 2.75) is 50.4 Å². The molecule has 32 heavy (non-hydrogen) atoms. The number of hydrogen-bond donors (Lipinski definition) is 1. The highest BCUT2D eigenvalue weighted by Gasteiger charge is 2.41. The smallest absolute Gasteiger partial charge is 0.377 e. The van der Waals surface area contributed by atoms with Gasteiger partial charge in [0, 0.05) is 46.7 Å². The van der Waals surface area contributed by atoms with Gasteiger partial charge in [0.25, 0.3) is 0 Å². The first-order valence-electron chi connectivity index (χ1n) is 12.2. The van der Waals surface area contributed by atoms with E-state index in [2.05, 4.69) is 20.5 Å². The summed E-state index contributed by atoms with van der Waals surface area (Å²) in [6.07, 6.45) is 0.752. The highest BCUT2D eigenvalue weighted by molar-refractivity contribution is 5.62. The average molecular weight is 450 g/mol. The molecule has 0 amide bonds. The summed E-state index contributed by atoms with van der Waals surface area (Å²) >= 11 is 0. The predicted molar refractivity (Wildman–Crippen MR) is 114 cm³/mol. The van der Waals surface area contributed by atoms with Crippen LogP contribution in [0.25, 0.3) is 11.3 Å². The molecule has 172 valence electrons. The second-order valence-electron chi connectivity index (χ2n) is 8.92. The third-order valence-corrected chi connectivity index (χ3v) is 6.63. The van der Waals surface area contributed by atoms with E-state index in [-0.39, 0.29) is 23.4 Å². The number of likely N-dealkylation sites (tertiary alicyclic amines) is 1. The molecule has 1 saturated carbocycles. The van der Waals surface area contributed by atoms with Crippen molar-refractivity contribution in [1.29, 1.82) is 0 Å². The number of nitrogens with one attached hydrogen (secondary N) is 1. The number of pyridine rings is 1. The second kappa shape index (κ2) is 8.94. The van der Waals surface area contributed by atoms with E-state index in [0.29, 0.717) is 37.4 Å². The summed E-state index contributed by atoms with van der Waals surface area (Å²) in [7, 11) is 0. The first-order chi connectivity index (χ1) is 16.2. The summed E-state index contributed by atoms with van der Waals surface area (Å²) < 4.78 is 62.7. The molecular weight excluding hydrogens is 419 g/mol. The lowest BCUT2D eigenvalue weighted by atomic mass is 10.0. The van der Waals surface area contributed by atoms with Gasteiger partial charge in [-0.2, -0.15) is 13.2 Å². The number of anilines is 1. The van der Waals surface area contributed by atoms with Gasteiger partial charge in [0.2, 0.25) is 0 Å². The number of nitrogens with zero attached hydrogens (tertiary/aromatic N) is 4. The molecule has 2 aliphatic heterocycles. The van der Waals surface area contributed by atoms with Crippen LogP contribution in [0.1, 0.15) is 40.5 Å². The van der Waals surface area contributed by atoms with Crippen molar-refractivity contribution >= 4 is 5.82 Å². The maximum atomic E-state index is 13.2. The molecule has 0 spiro atoms. The van der Waals surface area contributed by atoms with Crippen LogP contribution in [0.4, 0.5) is 19.0 Å². The summed E-state index contributed by atoms with van der Waals surface area (Å²) in [4.78, 5) is 5.42. The van der Waals surface area contributed by atoms with Gasteiger partial charge >= 0.3 is 6.18 Å². The maximum Gasteiger partial charge on any atom is 0.434 e. The molecule has 3 fully saturated rings. The Morgan fingerprint density at radius 3 is 2.59 bits per heavy atom. The molecule has 4 heterocycles. The van der Waals surface area contributed by atoms with Crippen LogP contribution in [0.5, 0.6) is 0 Å². The second-order valence-corrected chi connectivity index (χ2v) is 8.92. The molecule has 2 aromatic rings. The molecule has 1 unspecified atom stereocenters. The Labute approximate surface area is 188 Å². The summed E-state index contributed by atoms with van der Waals surface area (Å²) in [5, 5.41) is 11.5. The minimum absolute atomic E-state index is 0.0965. The molecule has 5 rings (SSSR count). The third-order valence-electron chi connectivity index (χ3n) is 6.63. The van der Waals surface area contributed by atoms with Gasteiger partial charge in [0.15, 0.2) is 5.69 Å². The number of aromatic nitrogens is 3. The maximum absolute atomic E-state index is 13.2. The minimum atomic E-state index is -4.57. The molecule has 3 aliphatic rings. The third kappa shape index (κ3) is 4.73. The van der Waals surface area contributed by atoms with Gasteiger partial charge in [0.05, 0.1) is 11.8 Å². The zero-order valence-electron chi connectivity index (χ0n) is 19.7. The zero-order chi connectivity index (χ0) is 23.9. The van der Waals surface area contributed by atoms with E-state index < -0.39 is 18.4 Å². The minimum Gasteiger partial charge on any atom is -0.377 e. The van der Waals surface area contributed by atoms with Crippen molar-refractivity contribution < 1.29 is 20.6 Å². The van der Waals surface area contributed by atoms with Gasteiger partial charge in [-0.25, -0.2) is 0 Å². The van der Waals surface area contributed by atoms with Gasteiger partial charge in [-0.1, -0.05) is 0 Å². The quantitative estimate of drug-likeness (QED) is 0.737. The van der Waals surface area contributed by atoms with Crippen molar-refractivity contribution in [2.24, 2.45) is 11.8 Å². The highest BCUT2D eigenvalue weighted by atomic mass is 19.4. The first kappa shape index (κ1) is 19.2. The van der Waals surface area contributed by atoms with E-state index in [1.165, 1.54) is 18.2 Å². The van der Waals surface area contributed by atoms with E-state index in [9.17, 15) is 13.2 Å². The van der Waals surface area contributed by atoms with E-state index in [1.807, 2.05) is 4.90 Å². The number of alkyl halides is 3. The summed E-state index contributed by atoms with van der Waals surface area (Å²) in [5.41, 5.74) is -0.950. The Balaban J connectivity index is 1.19. The lowest BCUT2D eigenvalue weighted by Gasteiger charge is -2.28. The zero-order valence-corrected chi connectivity index (χ0v) is 17.7. The lowest BCUT2D eigenvalue weighted by molar-refractivity contribution is -0.140. The van der Waals surface area contributed by atoms with Crippen LogP contribution < -0.4 is 5.32 Å². The molecule has 0 bridgehead atoms. The van der Waals surface area contributed by atoms with Crippen molar-refractivity contribution in [3.05, 3.63) is 36.2 Å². The van der Waals surface area contributed by atoms with Crippen LogP contribution in [0.2, 0.25) is 0 Å². The number of fused-ring (bicyclic) bond motifs is 1. The number of hydrogen-bond acceptors (Lipinski definition) is 6. The normalized spacial score (nSPS) is 30.0. The largest absolute Gasteiger partial charge is 0.434 e. The van der Waals surface area contributed by atoms with Crippen molar-refractivity contribution in [3.8, 4) is 11.3 Å². The van der Waals surface area contributed by atoms with Gasteiger partial charge < -0.3 is 15.0 Å². The average Bonchev–Trinajstić information content (AvgIpc) is 3.39. The van der Waals surface area contributed by atoms with Crippen LogP contribution in [0.15, 0.2) is 30.5 Å². The van der Waals surface area contributed by atoms with E-state index in [4.69, 9.17) is 7.48 Å². The summed E-state index contributed by atoms with van der Waals surface area (Å²) in [6, 6.07) is 6.14. The first-order valence-corrected chi connectivity index (χ1v) is 11.2. The number of ether oxygens (including phenoxy) is 1. The van der Waals surface area contributed by atoms with Crippen LogP contribution >= 0.6 is 0 Å². The molecule has 1 aliphatic carbocycles.